The fourth-order valence-electron chi connectivity index (χ4n) is 2.98. The van der Waals surface area contributed by atoms with Crippen LogP contribution in [0.2, 0.25) is 0 Å². The van der Waals surface area contributed by atoms with Gasteiger partial charge in [0.15, 0.2) is 11.5 Å². The smallest absolute Gasteiger partial charge is 0.178 e. The molecule has 0 spiro atoms. The van der Waals surface area contributed by atoms with E-state index < -0.39 is 0 Å². The van der Waals surface area contributed by atoms with Gasteiger partial charge in [-0.05, 0) is 38.8 Å². The quantitative estimate of drug-likeness (QED) is 0.776. The summed E-state index contributed by atoms with van der Waals surface area (Å²) in [6, 6.07) is 4.86. The summed E-state index contributed by atoms with van der Waals surface area (Å²) in [6.07, 6.45) is 2.41. The van der Waals surface area contributed by atoms with Gasteiger partial charge >= 0.3 is 0 Å². The molecule has 3 N–H and O–H groups in total. The molecule has 21 heavy (non-hydrogen) atoms. The Morgan fingerprint density at radius 3 is 2.67 bits per heavy atom. The van der Waals surface area contributed by atoms with Gasteiger partial charge in [-0.1, -0.05) is 0 Å². The highest BCUT2D eigenvalue weighted by molar-refractivity contribution is 5.44. The lowest BCUT2D eigenvalue weighted by atomic mass is 9.97. The zero-order chi connectivity index (χ0) is 14.4. The fraction of sp³-hybridized carbons (Fsp3) is 0.643. The number of aromatic nitrogens is 4. The number of rotatable bonds is 4. The van der Waals surface area contributed by atoms with Crippen molar-refractivity contribution in [3.8, 4) is 0 Å². The number of nitrogens with zero attached hydrogens (tertiary/aromatic N) is 4. The lowest BCUT2D eigenvalue weighted by Crippen LogP contribution is -2.30. The molecule has 2 aliphatic rings. The van der Waals surface area contributed by atoms with Gasteiger partial charge < -0.3 is 5.32 Å². The van der Waals surface area contributed by atoms with Crippen LogP contribution in [0.15, 0.2) is 12.1 Å². The number of nitrogens with one attached hydrogen (secondary N) is 3. The highest BCUT2D eigenvalue weighted by Crippen LogP contribution is 2.38. The van der Waals surface area contributed by atoms with Gasteiger partial charge in [0.25, 0.3) is 0 Å². The van der Waals surface area contributed by atoms with Gasteiger partial charge in [-0.2, -0.15) is 4.52 Å². The molecule has 2 unspecified atom stereocenters. The predicted molar refractivity (Wildman–Crippen MR) is 79.9 cm³/mol. The van der Waals surface area contributed by atoms with Crippen molar-refractivity contribution < 1.29 is 0 Å². The van der Waals surface area contributed by atoms with Crippen molar-refractivity contribution in [2.24, 2.45) is 5.92 Å². The highest BCUT2D eigenvalue weighted by atomic mass is 15.4. The van der Waals surface area contributed by atoms with Crippen molar-refractivity contribution in [3.63, 3.8) is 0 Å². The molecule has 1 saturated carbocycles. The van der Waals surface area contributed by atoms with E-state index in [-0.39, 0.29) is 0 Å². The molecule has 0 bridgehead atoms. The molecule has 2 fully saturated rings. The van der Waals surface area contributed by atoms with E-state index in [0.29, 0.717) is 23.9 Å². The predicted octanol–water partition coefficient (Wildman–Crippen LogP) is 0.915. The highest BCUT2D eigenvalue weighted by Gasteiger charge is 2.30. The summed E-state index contributed by atoms with van der Waals surface area (Å²) in [5.41, 5.74) is 7.38. The summed E-state index contributed by atoms with van der Waals surface area (Å²) in [7, 11) is 0. The molecule has 112 valence electrons. The zero-order valence-electron chi connectivity index (χ0n) is 12.4. The summed E-state index contributed by atoms with van der Waals surface area (Å²) < 4.78 is 1.89. The third kappa shape index (κ3) is 2.36. The van der Waals surface area contributed by atoms with Crippen molar-refractivity contribution >= 4 is 11.5 Å². The lowest BCUT2D eigenvalue weighted by Gasteiger charge is -2.18. The molecule has 2 aromatic heterocycles. The van der Waals surface area contributed by atoms with Crippen molar-refractivity contribution in [1.82, 2.24) is 30.7 Å². The largest absolute Gasteiger partial charge is 0.368 e. The van der Waals surface area contributed by atoms with Crippen LogP contribution in [0.5, 0.6) is 0 Å². The normalized spacial score (nSPS) is 29.1. The molecule has 2 aromatic rings. The van der Waals surface area contributed by atoms with E-state index in [9.17, 15) is 0 Å². The first-order chi connectivity index (χ1) is 10.2. The molecule has 2 atom stereocenters. The van der Waals surface area contributed by atoms with E-state index in [1.807, 2.05) is 16.6 Å². The number of anilines is 1. The Labute approximate surface area is 123 Å². The molecule has 1 saturated heterocycles. The second kappa shape index (κ2) is 4.92. The molecular weight excluding hydrogens is 266 g/mol. The molecule has 4 rings (SSSR count). The van der Waals surface area contributed by atoms with Gasteiger partial charge in [0.1, 0.15) is 5.82 Å². The molecule has 1 aliphatic carbocycles. The monoisotopic (exact) mass is 287 g/mol. The standard InChI is InChI=1S/C14H21N7/c1-8-11(9(2)17-16-8)7-15-12-5-6-13-18-19-14(10-3-4-10)21(13)20-12/h5-6,8-11,16-17H,3-4,7H2,1-2H3,(H,15,20). The van der Waals surface area contributed by atoms with Crippen LogP contribution in [0.1, 0.15) is 38.4 Å². The number of fused-ring (bicyclic) bond motifs is 1. The molecule has 0 aromatic carbocycles. The van der Waals surface area contributed by atoms with E-state index in [1.165, 1.54) is 12.8 Å². The summed E-state index contributed by atoms with van der Waals surface area (Å²) in [5.74, 6) is 2.97. The maximum absolute atomic E-state index is 4.65. The second-order valence-electron chi connectivity index (χ2n) is 6.23. The van der Waals surface area contributed by atoms with Gasteiger partial charge in [0, 0.05) is 30.5 Å². The fourth-order valence-corrected chi connectivity index (χ4v) is 2.98. The minimum absolute atomic E-state index is 0.452. The first-order valence-corrected chi connectivity index (χ1v) is 7.69. The third-order valence-electron chi connectivity index (χ3n) is 4.57. The van der Waals surface area contributed by atoms with Crippen LogP contribution in [-0.2, 0) is 0 Å². The molecular formula is C14H21N7. The minimum Gasteiger partial charge on any atom is -0.368 e. The Kier molecular flexibility index (Phi) is 3.04. The summed E-state index contributed by atoms with van der Waals surface area (Å²) in [4.78, 5) is 0. The first-order valence-electron chi connectivity index (χ1n) is 7.69. The molecule has 1 aliphatic heterocycles. The number of hydrogen-bond acceptors (Lipinski definition) is 6. The Morgan fingerprint density at radius 2 is 1.95 bits per heavy atom. The van der Waals surface area contributed by atoms with Crippen molar-refractivity contribution in [3.05, 3.63) is 18.0 Å². The van der Waals surface area contributed by atoms with Gasteiger partial charge in [0.05, 0.1) is 0 Å². The Hall–Kier alpha value is -1.73. The van der Waals surface area contributed by atoms with E-state index in [0.717, 1.165) is 23.8 Å². The Balaban J connectivity index is 1.52. The summed E-state index contributed by atoms with van der Waals surface area (Å²) >= 11 is 0. The maximum Gasteiger partial charge on any atom is 0.178 e. The van der Waals surface area contributed by atoms with Gasteiger partial charge in [-0.25, -0.2) is 0 Å². The van der Waals surface area contributed by atoms with Crippen LogP contribution < -0.4 is 16.2 Å². The van der Waals surface area contributed by atoms with E-state index in [4.69, 9.17) is 0 Å². The van der Waals surface area contributed by atoms with Crippen LogP contribution in [0.25, 0.3) is 5.65 Å². The van der Waals surface area contributed by atoms with Crippen LogP contribution >= 0.6 is 0 Å². The number of hydrogen-bond donors (Lipinski definition) is 3. The summed E-state index contributed by atoms with van der Waals surface area (Å²) in [6.45, 7) is 5.29. The minimum atomic E-state index is 0.452. The molecule has 3 heterocycles. The molecule has 0 amide bonds. The number of hydrazine groups is 1. The Morgan fingerprint density at radius 1 is 1.19 bits per heavy atom. The third-order valence-corrected chi connectivity index (χ3v) is 4.57. The second-order valence-corrected chi connectivity index (χ2v) is 6.23. The molecule has 7 heteroatoms. The van der Waals surface area contributed by atoms with E-state index in [1.54, 1.807) is 0 Å². The van der Waals surface area contributed by atoms with Crippen LogP contribution in [0.3, 0.4) is 0 Å². The van der Waals surface area contributed by atoms with Crippen molar-refractivity contribution in [1.29, 1.82) is 0 Å². The maximum atomic E-state index is 4.65. The first kappa shape index (κ1) is 13.0. The zero-order valence-corrected chi connectivity index (χ0v) is 12.4. The van der Waals surface area contributed by atoms with Crippen molar-refractivity contribution in [2.45, 2.75) is 44.7 Å². The van der Waals surface area contributed by atoms with E-state index in [2.05, 4.69) is 45.3 Å². The topological polar surface area (TPSA) is 79.2 Å². The average Bonchev–Trinajstić information content (AvgIpc) is 3.17. The van der Waals surface area contributed by atoms with Crippen LogP contribution in [0, 0.1) is 5.92 Å². The van der Waals surface area contributed by atoms with E-state index >= 15 is 0 Å². The van der Waals surface area contributed by atoms with Crippen LogP contribution in [0.4, 0.5) is 5.82 Å². The van der Waals surface area contributed by atoms with Gasteiger partial charge in [0.2, 0.25) is 0 Å². The van der Waals surface area contributed by atoms with Gasteiger partial charge in [-0.3, -0.25) is 10.9 Å². The Bertz CT molecular complexity index is 638. The molecule has 7 nitrogen and oxygen atoms in total. The van der Waals surface area contributed by atoms with Crippen LogP contribution in [-0.4, -0.2) is 38.4 Å². The lowest BCUT2D eigenvalue weighted by molar-refractivity contribution is 0.466. The molecule has 0 radical (unpaired) electrons. The SMILES string of the molecule is CC1NNC(C)C1CNc1ccc2nnc(C3CC3)n2n1. The average molecular weight is 287 g/mol. The van der Waals surface area contributed by atoms with Crippen molar-refractivity contribution in [2.75, 3.05) is 11.9 Å². The van der Waals surface area contributed by atoms with Gasteiger partial charge in [-0.15, -0.1) is 15.3 Å². The summed E-state index contributed by atoms with van der Waals surface area (Å²) in [5, 5.41) is 16.5.